The molecule has 0 spiro atoms. The van der Waals surface area contributed by atoms with Crippen molar-refractivity contribution < 1.29 is 0 Å². The first-order valence-electron chi connectivity index (χ1n) is 10.0. The Hall–Kier alpha value is -1.66. The van der Waals surface area contributed by atoms with E-state index in [0.717, 1.165) is 45.7 Å². The van der Waals surface area contributed by atoms with Gasteiger partial charge in [-0.1, -0.05) is 31.2 Å². The zero-order valence-corrected chi connectivity index (χ0v) is 17.2. The van der Waals surface area contributed by atoms with E-state index in [-0.39, 0.29) is 0 Å². The van der Waals surface area contributed by atoms with E-state index >= 15 is 0 Å². The van der Waals surface area contributed by atoms with Gasteiger partial charge in [0, 0.05) is 61.2 Å². The highest BCUT2D eigenvalue weighted by atomic mass is 32.1. The zero-order valence-electron chi connectivity index (χ0n) is 16.4. The highest BCUT2D eigenvalue weighted by Gasteiger charge is 2.24. The first-order valence-corrected chi connectivity index (χ1v) is 10.9. The number of fused-ring (bicyclic) bond motifs is 1. The van der Waals surface area contributed by atoms with Crippen LogP contribution in [0.3, 0.4) is 0 Å². The number of nitrogens with one attached hydrogen (secondary N) is 2. The second-order valence-electron chi connectivity index (χ2n) is 7.51. The topological polar surface area (TPSA) is 34.3 Å². The Morgan fingerprint density at radius 1 is 1.11 bits per heavy atom. The van der Waals surface area contributed by atoms with Crippen molar-refractivity contribution in [1.29, 1.82) is 0 Å². The van der Waals surface area contributed by atoms with Gasteiger partial charge in [-0.05, 0) is 36.0 Å². The lowest BCUT2D eigenvalue weighted by molar-refractivity contribution is 0.111. The number of piperazine rings is 1. The molecule has 4 rings (SSSR count). The average molecular weight is 383 g/mol. The number of aromatic amines is 1. The molecule has 0 unspecified atom stereocenters. The van der Waals surface area contributed by atoms with Gasteiger partial charge in [-0.3, -0.25) is 4.90 Å². The number of benzene rings is 1. The molecule has 2 aromatic heterocycles. The van der Waals surface area contributed by atoms with Gasteiger partial charge in [-0.25, -0.2) is 0 Å². The molecule has 1 atom stereocenters. The third-order valence-corrected chi connectivity index (χ3v) is 6.75. The number of hydrogen-bond acceptors (Lipinski definition) is 4. The number of aryl methyl sites for hydroxylation is 1. The van der Waals surface area contributed by atoms with Crippen molar-refractivity contribution in [2.24, 2.45) is 0 Å². The van der Waals surface area contributed by atoms with Crippen LogP contribution in [0.2, 0.25) is 0 Å². The van der Waals surface area contributed by atoms with E-state index < -0.39 is 0 Å². The molecule has 0 saturated carbocycles. The van der Waals surface area contributed by atoms with Gasteiger partial charge in [0.05, 0.1) is 6.04 Å². The van der Waals surface area contributed by atoms with Crippen LogP contribution < -0.4 is 5.32 Å². The molecule has 4 nitrogen and oxygen atoms in total. The predicted octanol–water partition coefficient (Wildman–Crippen LogP) is 3.87. The number of likely N-dealkylation sites (N-methyl/N-ethyl adjacent to an activating group) is 1. The zero-order chi connectivity index (χ0) is 18.6. The predicted molar refractivity (Wildman–Crippen MR) is 116 cm³/mol. The summed E-state index contributed by atoms with van der Waals surface area (Å²) in [6.45, 7) is 8.72. The molecule has 144 valence electrons. The molecule has 1 saturated heterocycles. The van der Waals surface area contributed by atoms with Crippen LogP contribution in [-0.2, 0) is 13.0 Å². The monoisotopic (exact) mass is 382 g/mol. The van der Waals surface area contributed by atoms with E-state index in [2.05, 4.69) is 76.0 Å². The number of nitrogens with zero attached hydrogens (tertiary/aromatic N) is 2. The first kappa shape index (κ1) is 18.7. The molecule has 5 heteroatoms. The van der Waals surface area contributed by atoms with Crippen LogP contribution in [-0.4, -0.2) is 54.6 Å². The molecule has 1 aliphatic heterocycles. The maximum atomic E-state index is 3.75. The van der Waals surface area contributed by atoms with Crippen molar-refractivity contribution in [1.82, 2.24) is 20.1 Å². The molecule has 0 bridgehead atoms. The van der Waals surface area contributed by atoms with Crippen molar-refractivity contribution >= 4 is 22.2 Å². The number of rotatable bonds is 7. The average Bonchev–Trinajstić information content (AvgIpc) is 3.36. The Morgan fingerprint density at radius 3 is 2.70 bits per heavy atom. The van der Waals surface area contributed by atoms with Crippen molar-refractivity contribution in [3.05, 3.63) is 57.9 Å². The quantitative estimate of drug-likeness (QED) is 0.651. The standard InChI is InChI=1S/C22H30N4S/c1-3-17-6-4-7-19-18(15-24-22(17)19)14-23-16-20(21-8-5-13-27-21)26-11-9-25(2)10-12-26/h4-8,13,15,20,23-24H,3,9-12,14,16H2,1-2H3/t20-/m1/s1. The number of thiophene rings is 1. The normalized spacial score (nSPS) is 17.6. The fourth-order valence-corrected chi connectivity index (χ4v) is 4.94. The van der Waals surface area contributed by atoms with Crippen LogP contribution in [0.4, 0.5) is 0 Å². The Balaban J connectivity index is 1.44. The summed E-state index contributed by atoms with van der Waals surface area (Å²) in [4.78, 5) is 10.0. The summed E-state index contributed by atoms with van der Waals surface area (Å²) in [7, 11) is 2.22. The van der Waals surface area contributed by atoms with Gasteiger partial charge in [0.2, 0.25) is 0 Å². The van der Waals surface area contributed by atoms with E-state index in [1.54, 1.807) is 0 Å². The van der Waals surface area contributed by atoms with E-state index in [0.29, 0.717) is 6.04 Å². The van der Waals surface area contributed by atoms with Gasteiger partial charge < -0.3 is 15.2 Å². The van der Waals surface area contributed by atoms with Gasteiger partial charge in [-0.2, -0.15) is 0 Å². The SMILES string of the molecule is CCc1cccc2c(CNC[C@H](c3cccs3)N3CCN(C)CC3)c[nH]c12. The number of hydrogen-bond donors (Lipinski definition) is 2. The van der Waals surface area contributed by atoms with Crippen LogP contribution in [0.25, 0.3) is 10.9 Å². The van der Waals surface area contributed by atoms with Crippen molar-refractivity contribution in [2.75, 3.05) is 39.8 Å². The molecule has 1 aliphatic rings. The lowest BCUT2D eigenvalue weighted by atomic mass is 10.1. The minimum absolute atomic E-state index is 0.468. The van der Waals surface area contributed by atoms with Gasteiger partial charge in [0.15, 0.2) is 0 Å². The van der Waals surface area contributed by atoms with Crippen molar-refractivity contribution in [2.45, 2.75) is 25.9 Å². The number of H-pyrrole nitrogens is 1. The summed E-state index contributed by atoms with van der Waals surface area (Å²) in [6, 6.07) is 11.6. The second kappa shape index (κ2) is 8.57. The summed E-state index contributed by atoms with van der Waals surface area (Å²) in [5, 5.41) is 7.30. The molecule has 27 heavy (non-hydrogen) atoms. The molecule has 3 aromatic rings. The molecule has 1 aromatic carbocycles. The highest BCUT2D eigenvalue weighted by molar-refractivity contribution is 7.10. The fourth-order valence-electron chi connectivity index (χ4n) is 4.08. The summed E-state index contributed by atoms with van der Waals surface area (Å²) in [6.07, 6.45) is 3.24. The lowest BCUT2D eigenvalue weighted by Crippen LogP contribution is -2.47. The maximum Gasteiger partial charge on any atom is 0.0567 e. The van der Waals surface area contributed by atoms with Crippen LogP contribution in [0, 0.1) is 0 Å². The van der Waals surface area contributed by atoms with Gasteiger partial charge in [0.25, 0.3) is 0 Å². The lowest BCUT2D eigenvalue weighted by Gasteiger charge is -2.37. The molecular formula is C22H30N4S. The van der Waals surface area contributed by atoms with E-state index in [9.17, 15) is 0 Å². The summed E-state index contributed by atoms with van der Waals surface area (Å²) < 4.78 is 0. The van der Waals surface area contributed by atoms with Gasteiger partial charge in [0.1, 0.15) is 0 Å². The minimum atomic E-state index is 0.468. The van der Waals surface area contributed by atoms with Gasteiger partial charge >= 0.3 is 0 Å². The van der Waals surface area contributed by atoms with Crippen molar-refractivity contribution in [3.63, 3.8) is 0 Å². The van der Waals surface area contributed by atoms with E-state index in [1.165, 1.54) is 26.9 Å². The molecule has 0 aliphatic carbocycles. The summed E-state index contributed by atoms with van der Waals surface area (Å²) in [5.41, 5.74) is 4.06. The molecule has 0 radical (unpaired) electrons. The molecule has 2 N–H and O–H groups in total. The summed E-state index contributed by atoms with van der Waals surface area (Å²) in [5.74, 6) is 0. The third-order valence-electron chi connectivity index (χ3n) is 5.77. The Kier molecular flexibility index (Phi) is 5.93. The van der Waals surface area contributed by atoms with E-state index in [1.807, 2.05) is 11.3 Å². The number of para-hydroxylation sites is 1. The number of aromatic nitrogens is 1. The fraction of sp³-hybridized carbons (Fsp3) is 0.455. The largest absolute Gasteiger partial charge is 0.361 e. The minimum Gasteiger partial charge on any atom is -0.361 e. The second-order valence-corrected chi connectivity index (χ2v) is 8.49. The van der Waals surface area contributed by atoms with E-state index in [4.69, 9.17) is 0 Å². The van der Waals surface area contributed by atoms with Crippen LogP contribution in [0.15, 0.2) is 41.9 Å². The molecule has 0 amide bonds. The summed E-state index contributed by atoms with van der Waals surface area (Å²) >= 11 is 1.88. The Morgan fingerprint density at radius 2 is 1.96 bits per heavy atom. The van der Waals surface area contributed by atoms with Crippen molar-refractivity contribution in [3.8, 4) is 0 Å². The van der Waals surface area contributed by atoms with Crippen LogP contribution >= 0.6 is 11.3 Å². The molecule has 3 heterocycles. The van der Waals surface area contributed by atoms with Crippen LogP contribution in [0.1, 0.15) is 29.0 Å². The third kappa shape index (κ3) is 4.11. The highest BCUT2D eigenvalue weighted by Crippen LogP contribution is 2.26. The Labute approximate surface area is 166 Å². The smallest absolute Gasteiger partial charge is 0.0567 e. The molecular weight excluding hydrogens is 352 g/mol. The van der Waals surface area contributed by atoms with Crippen LogP contribution in [0.5, 0.6) is 0 Å². The maximum absolute atomic E-state index is 3.75. The molecule has 1 fully saturated rings. The first-order chi connectivity index (χ1) is 13.3. The van der Waals surface area contributed by atoms with Gasteiger partial charge in [-0.15, -0.1) is 11.3 Å². The Bertz CT molecular complexity index is 846.